The number of aliphatic hydroxyl groups excluding tert-OH is 4. The first-order chi connectivity index (χ1) is 29.9. The summed E-state index contributed by atoms with van der Waals surface area (Å²) in [5, 5.41) is 83.5. The van der Waals surface area contributed by atoms with Crippen LogP contribution >= 0.6 is 0 Å². The molecule has 23 nitrogen and oxygen atoms in total. The smallest absolute Gasteiger partial charge is 0.342 e. The van der Waals surface area contributed by atoms with Gasteiger partial charge in [-0.15, -0.1) is 6.58 Å². The third kappa shape index (κ3) is 9.50. The molecule has 0 bridgehead atoms. The van der Waals surface area contributed by atoms with Gasteiger partial charge in [-0.1, -0.05) is 18.2 Å². The van der Waals surface area contributed by atoms with Crippen LogP contribution in [0.2, 0.25) is 0 Å². The third-order valence-electron chi connectivity index (χ3n) is 10.5. The van der Waals surface area contributed by atoms with Gasteiger partial charge in [0.1, 0.15) is 59.4 Å². The summed E-state index contributed by atoms with van der Waals surface area (Å²) < 4.78 is 56.0. The number of phenolic OH excluding ortho intramolecular Hbond substituents is 3. The first kappa shape index (κ1) is 46.5. The number of para-hydroxylation sites is 2. The Morgan fingerprint density at radius 2 is 1.46 bits per heavy atom. The summed E-state index contributed by atoms with van der Waals surface area (Å²) in [5.74, 6) is -9.80. The molecule has 6 rings (SSSR count). The van der Waals surface area contributed by atoms with Crippen LogP contribution in [0.3, 0.4) is 0 Å². The lowest BCUT2D eigenvalue weighted by molar-refractivity contribution is -0.344. The highest BCUT2D eigenvalue weighted by Crippen LogP contribution is 2.43. The number of aliphatic hydroxyl groups is 5. The van der Waals surface area contributed by atoms with E-state index in [4.69, 9.17) is 47.4 Å². The van der Waals surface area contributed by atoms with Crippen molar-refractivity contribution >= 4 is 29.8 Å². The van der Waals surface area contributed by atoms with E-state index in [1.54, 1.807) is 0 Å². The van der Waals surface area contributed by atoms with Gasteiger partial charge in [0.15, 0.2) is 41.3 Å². The van der Waals surface area contributed by atoms with E-state index >= 15 is 0 Å². The molecule has 2 aromatic rings. The number of fused-ring (bicyclic) bond motifs is 1. The zero-order valence-corrected chi connectivity index (χ0v) is 33.3. The summed E-state index contributed by atoms with van der Waals surface area (Å²) >= 11 is 0. The Labute approximate surface area is 356 Å². The Morgan fingerprint density at radius 1 is 0.810 bits per heavy atom. The Bertz CT molecular complexity index is 2100. The molecule has 0 amide bonds. The third-order valence-corrected chi connectivity index (χ3v) is 10.5. The van der Waals surface area contributed by atoms with Crippen molar-refractivity contribution in [1.82, 2.24) is 0 Å². The van der Waals surface area contributed by atoms with Crippen molar-refractivity contribution in [3.05, 3.63) is 72.0 Å². The lowest BCUT2D eigenvalue weighted by Gasteiger charge is -2.48. The zero-order chi connectivity index (χ0) is 45.9. The second kappa shape index (κ2) is 19.1. The van der Waals surface area contributed by atoms with Crippen molar-refractivity contribution in [2.45, 2.75) is 93.6 Å². The number of hydrogen-bond donors (Lipinski definition) is 8. The highest BCUT2D eigenvalue weighted by molar-refractivity contribution is 5.94. The lowest BCUT2D eigenvalue weighted by Crippen LogP contribution is -2.64. The minimum Gasteiger partial charge on any atom is -0.504 e. The summed E-state index contributed by atoms with van der Waals surface area (Å²) in [5.41, 5.74) is -3.39. The van der Waals surface area contributed by atoms with Crippen molar-refractivity contribution in [1.29, 1.82) is 0 Å². The zero-order valence-electron chi connectivity index (χ0n) is 33.3. The highest BCUT2D eigenvalue weighted by Gasteiger charge is 2.57. The fraction of sp³-hybridized carbons (Fsp3) is 0.475. The number of rotatable bonds is 13. The van der Waals surface area contributed by atoms with E-state index in [-0.39, 0.29) is 18.6 Å². The number of carbonyl (C=O) groups excluding carboxylic acids is 5. The van der Waals surface area contributed by atoms with Gasteiger partial charge in [0.05, 0.1) is 25.4 Å². The number of aromatic hydroxyl groups is 3. The Hall–Kier alpha value is -6.05. The van der Waals surface area contributed by atoms with Crippen LogP contribution in [0, 0.1) is 5.92 Å². The van der Waals surface area contributed by atoms with E-state index in [0.29, 0.717) is 0 Å². The molecule has 0 aromatic heterocycles. The molecule has 3 saturated heterocycles. The molecule has 0 spiro atoms. The molecule has 4 aliphatic rings. The number of hydrogen-bond acceptors (Lipinski definition) is 23. The SMILES string of the molecule is C=C[C@H]1[C@H](O[C@@H]2O[C@H](COC(=O)c3cccc(O[C@@H]4O[C@H](CO)[C@@H](O)[C@H](O)[C@H]4O)c3O)[C@@H](OC(C)=O)[C@H](OC(C)=O)[C@H]2OC(=O)c2cccc(O)c2O)OC=C2C(=O)OCC[C@]21O. The Morgan fingerprint density at radius 3 is 2.13 bits per heavy atom. The van der Waals surface area contributed by atoms with E-state index in [1.165, 1.54) is 18.2 Å². The quantitative estimate of drug-likeness (QED) is 0.0501. The van der Waals surface area contributed by atoms with Crippen LogP contribution in [0.15, 0.2) is 60.9 Å². The van der Waals surface area contributed by atoms with E-state index in [9.17, 15) is 64.8 Å². The summed E-state index contributed by atoms with van der Waals surface area (Å²) in [4.78, 5) is 65.0. The van der Waals surface area contributed by atoms with Gasteiger partial charge in [-0.2, -0.15) is 0 Å². The average molecular weight is 893 g/mol. The molecule has 0 saturated carbocycles. The average Bonchev–Trinajstić information content (AvgIpc) is 3.23. The van der Waals surface area contributed by atoms with E-state index in [2.05, 4.69) is 6.58 Å². The molecular weight excluding hydrogens is 848 g/mol. The van der Waals surface area contributed by atoms with Gasteiger partial charge in [-0.25, -0.2) is 14.4 Å². The molecule has 3 fully saturated rings. The number of phenols is 3. The van der Waals surface area contributed by atoms with Crippen molar-refractivity contribution in [3.63, 3.8) is 0 Å². The van der Waals surface area contributed by atoms with Crippen molar-refractivity contribution in [3.8, 4) is 23.0 Å². The number of esters is 5. The van der Waals surface area contributed by atoms with E-state index in [1.807, 2.05) is 0 Å². The van der Waals surface area contributed by atoms with Gasteiger partial charge in [-0.3, -0.25) is 9.59 Å². The van der Waals surface area contributed by atoms with Crippen LogP contribution in [0.4, 0.5) is 0 Å². The van der Waals surface area contributed by atoms with Gasteiger partial charge in [-0.05, 0) is 24.3 Å². The molecule has 2 aromatic carbocycles. The minimum absolute atomic E-state index is 0.143. The molecule has 63 heavy (non-hydrogen) atoms. The van der Waals surface area contributed by atoms with Crippen LogP contribution in [0.5, 0.6) is 23.0 Å². The second-order valence-electron chi connectivity index (χ2n) is 14.5. The molecule has 8 N–H and O–H groups in total. The molecule has 0 radical (unpaired) electrons. The van der Waals surface area contributed by atoms with Gasteiger partial charge < -0.3 is 88.2 Å². The molecule has 342 valence electrons. The fourth-order valence-corrected chi connectivity index (χ4v) is 7.28. The number of cyclic esters (lactones) is 1. The van der Waals surface area contributed by atoms with Crippen LogP contribution in [0.25, 0.3) is 0 Å². The molecule has 23 heteroatoms. The topological polar surface area (TPSA) is 339 Å². The summed E-state index contributed by atoms with van der Waals surface area (Å²) in [6.45, 7) is 3.75. The fourth-order valence-electron chi connectivity index (χ4n) is 7.28. The van der Waals surface area contributed by atoms with Gasteiger partial charge in [0, 0.05) is 20.3 Å². The minimum atomic E-state index is -1.99. The second-order valence-corrected chi connectivity index (χ2v) is 14.5. The predicted octanol–water partition coefficient (Wildman–Crippen LogP) is -1.31. The van der Waals surface area contributed by atoms with Crippen molar-refractivity contribution < 1.29 is 112 Å². The van der Waals surface area contributed by atoms with Crippen LogP contribution < -0.4 is 4.74 Å². The first-order valence-electron chi connectivity index (χ1n) is 19.1. The standard InChI is InChI=1S/C40H44O23/c1-4-20-37(56-14-21-36(52)54-12-11-40(20,21)53)63-39-33(62-35(51)18-7-5-9-22(44)26(18)45)32(58-17(3)43)31(57-16(2)42)25(61-39)15-55-34(50)19-8-6-10-23(27(19)46)59-38-30(49)29(48)28(47)24(13-41)60-38/h4-10,14,20,24-25,28-33,37-39,41,44-49,53H,1,11-13,15H2,2-3H3/t20-,24+,25+,28+,29-,30+,31+,32-,33+,37-,38+,39-,40+/m0/s1. The first-order valence-corrected chi connectivity index (χ1v) is 19.1. The lowest BCUT2D eigenvalue weighted by atomic mass is 9.76. The van der Waals surface area contributed by atoms with Gasteiger partial charge >= 0.3 is 29.8 Å². The summed E-state index contributed by atoms with van der Waals surface area (Å²) in [6.07, 6.45) is -17.6. The summed E-state index contributed by atoms with van der Waals surface area (Å²) in [7, 11) is 0. The van der Waals surface area contributed by atoms with E-state index in [0.717, 1.165) is 44.4 Å². The van der Waals surface area contributed by atoms with Crippen LogP contribution in [-0.2, 0) is 57.0 Å². The monoisotopic (exact) mass is 892 g/mol. The van der Waals surface area contributed by atoms with Gasteiger partial charge in [0.2, 0.25) is 18.9 Å². The molecule has 4 aliphatic heterocycles. The van der Waals surface area contributed by atoms with Gasteiger partial charge in [0.25, 0.3) is 0 Å². The maximum atomic E-state index is 13.6. The Balaban J connectivity index is 1.32. The van der Waals surface area contributed by atoms with Crippen LogP contribution in [0.1, 0.15) is 41.0 Å². The largest absolute Gasteiger partial charge is 0.504 e. The predicted molar refractivity (Wildman–Crippen MR) is 200 cm³/mol. The van der Waals surface area contributed by atoms with E-state index < -0.39 is 156 Å². The molecule has 4 heterocycles. The maximum absolute atomic E-state index is 13.6. The molecular formula is C40H44O23. The van der Waals surface area contributed by atoms with Crippen molar-refractivity contribution in [2.24, 2.45) is 5.92 Å². The number of carbonyl (C=O) groups is 5. The highest BCUT2D eigenvalue weighted by atomic mass is 16.8. The summed E-state index contributed by atoms with van der Waals surface area (Å²) in [6, 6.07) is 6.80. The molecule has 13 atom stereocenters. The molecule has 0 unspecified atom stereocenters. The normalized spacial score (nSPS) is 32.6. The molecule has 0 aliphatic carbocycles. The maximum Gasteiger partial charge on any atom is 0.342 e. The van der Waals surface area contributed by atoms with Crippen molar-refractivity contribution in [2.75, 3.05) is 19.8 Å². The Kier molecular flexibility index (Phi) is 14.1. The number of benzene rings is 2. The van der Waals surface area contributed by atoms with Crippen LogP contribution in [-0.4, -0.2) is 164 Å². The number of ether oxygens (including phenoxy) is 10.